The lowest BCUT2D eigenvalue weighted by Gasteiger charge is -2.10. The number of carbonyl (C=O) groups excluding carboxylic acids is 1. The molecule has 1 amide bonds. The molecule has 0 fully saturated rings. The first-order valence-electron chi connectivity index (χ1n) is 8.65. The molecule has 2 aromatic rings. The number of amides is 1. The van der Waals surface area contributed by atoms with Crippen molar-refractivity contribution in [3.8, 4) is 5.75 Å². The van der Waals surface area contributed by atoms with Gasteiger partial charge in [0.15, 0.2) is 0 Å². The molecule has 0 saturated heterocycles. The highest BCUT2D eigenvalue weighted by atomic mass is 79.9. The van der Waals surface area contributed by atoms with Gasteiger partial charge < -0.3 is 10.1 Å². The summed E-state index contributed by atoms with van der Waals surface area (Å²) in [5.41, 5.74) is 2.06. The second-order valence-electron chi connectivity index (χ2n) is 5.99. The number of benzene rings is 2. The third-order valence-corrected chi connectivity index (χ3v) is 5.01. The Morgan fingerprint density at radius 3 is 2.65 bits per heavy atom. The number of rotatable bonds is 9. The molecule has 0 aliphatic heterocycles. The van der Waals surface area contributed by atoms with E-state index in [0.29, 0.717) is 35.2 Å². The molecule has 6 heteroatoms. The first-order chi connectivity index (χ1) is 12.5. The second kappa shape index (κ2) is 10.8. The van der Waals surface area contributed by atoms with Crippen LogP contribution < -0.4 is 10.1 Å². The average Bonchev–Trinajstić information content (AvgIpc) is 2.60. The summed E-state index contributed by atoms with van der Waals surface area (Å²) in [6.07, 6.45) is 4.34. The van der Waals surface area contributed by atoms with Crippen molar-refractivity contribution in [3.05, 3.63) is 56.5 Å². The quantitative estimate of drug-likeness (QED) is 0.415. The summed E-state index contributed by atoms with van der Waals surface area (Å²) in [5, 5.41) is 3.96. The van der Waals surface area contributed by atoms with Gasteiger partial charge in [-0.05, 0) is 71.1 Å². The minimum Gasteiger partial charge on any atom is -0.492 e. The van der Waals surface area contributed by atoms with Gasteiger partial charge in [0.1, 0.15) is 5.75 Å². The van der Waals surface area contributed by atoms with Gasteiger partial charge in [-0.2, -0.15) is 0 Å². The number of unbranched alkanes of at least 4 members (excludes halogenated alkanes) is 1. The van der Waals surface area contributed by atoms with E-state index in [1.54, 1.807) is 18.2 Å². The molecule has 140 valence electrons. The molecule has 2 rings (SSSR count). The van der Waals surface area contributed by atoms with Crippen LogP contribution in [0.5, 0.6) is 5.75 Å². The number of aryl methyl sites for hydroxylation is 1. The third kappa shape index (κ3) is 6.82. The molecule has 0 spiro atoms. The molecule has 1 N–H and O–H groups in total. The fraction of sp³-hybridized carbons (Fsp3) is 0.350. The Labute approximate surface area is 173 Å². The number of hydrogen-bond acceptors (Lipinski definition) is 2. The van der Waals surface area contributed by atoms with Crippen molar-refractivity contribution < 1.29 is 9.53 Å². The third-order valence-electron chi connectivity index (χ3n) is 3.83. The van der Waals surface area contributed by atoms with Gasteiger partial charge in [0.05, 0.1) is 17.3 Å². The van der Waals surface area contributed by atoms with Gasteiger partial charge in [-0.3, -0.25) is 4.79 Å². The van der Waals surface area contributed by atoms with Gasteiger partial charge in [0, 0.05) is 15.9 Å². The first-order valence-corrected chi connectivity index (χ1v) is 10.2. The Morgan fingerprint density at radius 2 is 1.96 bits per heavy atom. The average molecular weight is 459 g/mol. The molecule has 0 aliphatic rings. The molecule has 0 radical (unpaired) electrons. The van der Waals surface area contributed by atoms with Gasteiger partial charge in [0.25, 0.3) is 0 Å². The van der Waals surface area contributed by atoms with Gasteiger partial charge in [0.2, 0.25) is 5.91 Å². The van der Waals surface area contributed by atoms with Crippen LogP contribution in [0.25, 0.3) is 0 Å². The number of halogens is 3. The molecular formula is C20H22BrCl2NO2. The van der Waals surface area contributed by atoms with E-state index in [4.69, 9.17) is 27.9 Å². The van der Waals surface area contributed by atoms with Crippen molar-refractivity contribution in [1.82, 2.24) is 0 Å². The van der Waals surface area contributed by atoms with Crippen LogP contribution in [0.3, 0.4) is 0 Å². The maximum absolute atomic E-state index is 12.1. The number of ether oxygens (including phenoxy) is 1. The molecule has 0 saturated carbocycles. The van der Waals surface area contributed by atoms with Crippen molar-refractivity contribution in [2.75, 3.05) is 11.9 Å². The number of carbonyl (C=O) groups is 1. The summed E-state index contributed by atoms with van der Waals surface area (Å²) in [7, 11) is 0. The minimum atomic E-state index is -0.0437. The first kappa shape index (κ1) is 21.1. The number of anilines is 1. The van der Waals surface area contributed by atoms with E-state index < -0.39 is 0 Å². The van der Waals surface area contributed by atoms with Crippen LogP contribution in [-0.4, -0.2) is 12.5 Å². The molecule has 2 aromatic carbocycles. The smallest absolute Gasteiger partial charge is 0.224 e. The lowest BCUT2D eigenvalue weighted by molar-refractivity contribution is -0.116. The molecule has 0 aromatic heterocycles. The summed E-state index contributed by atoms with van der Waals surface area (Å²) in [5.74, 6) is 0.527. The molecule has 3 nitrogen and oxygen atoms in total. The molecule has 0 aliphatic carbocycles. The van der Waals surface area contributed by atoms with Crippen LogP contribution in [0.1, 0.15) is 38.2 Å². The van der Waals surface area contributed by atoms with Crippen LogP contribution in [0.15, 0.2) is 40.9 Å². The SMILES string of the molecule is CCCCc1ccc(NC(=O)CCCOc2ccc(Cl)cc2Cl)c(Br)c1. The topological polar surface area (TPSA) is 38.3 Å². The maximum atomic E-state index is 12.1. The minimum absolute atomic E-state index is 0.0437. The van der Waals surface area contributed by atoms with Gasteiger partial charge in [-0.1, -0.05) is 42.6 Å². The Hall–Kier alpha value is -1.23. The van der Waals surface area contributed by atoms with E-state index in [1.165, 1.54) is 12.0 Å². The molecule has 0 heterocycles. The van der Waals surface area contributed by atoms with Crippen molar-refractivity contribution >= 4 is 50.7 Å². The van der Waals surface area contributed by atoms with E-state index >= 15 is 0 Å². The Morgan fingerprint density at radius 1 is 1.15 bits per heavy atom. The van der Waals surface area contributed by atoms with E-state index in [9.17, 15) is 4.79 Å². The van der Waals surface area contributed by atoms with Crippen molar-refractivity contribution in [1.29, 1.82) is 0 Å². The van der Waals surface area contributed by atoms with Gasteiger partial charge in [-0.25, -0.2) is 0 Å². The fourth-order valence-corrected chi connectivity index (χ4v) is 3.40. The predicted molar refractivity (Wildman–Crippen MR) is 113 cm³/mol. The molecule has 0 bridgehead atoms. The highest BCUT2D eigenvalue weighted by molar-refractivity contribution is 9.10. The maximum Gasteiger partial charge on any atom is 0.224 e. The zero-order valence-corrected chi connectivity index (χ0v) is 17.8. The largest absolute Gasteiger partial charge is 0.492 e. The highest BCUT2D eigenvalue weighted by Crippen LogP contribution is 2.28. The lowest BCUT2D eigenvalue weighted by Crippen LogP contribution is -2.13. The van der Waals surface area contributed by atoms with Gasteiger partial charge >= 0.3 is 0 Å². The van der Waals surface area contributed by atoms with Gasteiger partial charge in [-0.15, -0.1) is 0 Å². The van der Waals surface area contributed by atoms with Crippen molar-refractivity contribution in [2.24, 2.45) is 0 Å². The summed E-state index contributed by atoms with van der Waals surface area (Å²) in [6.45, 7) is 2.58. The summed E-state index contributed by atoms with van der Waals surface area (Å²) in [6, 6.07) is 11.1. The van der Waals surface area contributed by atoms with E-state index in [2.05, 4.69) is 40.3 Å². The molecule has 26 heavy (non-hydrogen) atoms. The zero-order valence-electron chi connectivity index (χ0n) is 14.7. The number of hydrogen-bond donors (Lipinski definition) is 1. The predicted octanol–water partition coefficient (Wildman–Crippen LogP) is 6.90. The number of nitrogens with one attached hydrogen (secondary N) is 1. The fourth-order valence-electron chi connectivity index (χ4n) is 2.42. The van der Waals surface area contributed by atoms with Crippen LogP contribution >= 0.6 is 39.1 Å². The molecule has 0 unspecified atom stereocenters. The normalized spacial score (nSPS) is 10.6. The standard InChI is InChI=1S/C20H22BrCl2NO2/c1-2-3-5-14-7-9-18(16(21)12-14)24-20(25)6-4-11-26-19-10-8-15(22)13-17(19)23/h7-10,12-13H,2-6,11H2,1H3,(H,24,25). The van der Waals surface area contributed by atoms with Crippen LogP contribution in [0.4, 0.5) is 5.69 Å². The summed E-state index contributed by atoms with van der Waals surface area (Å²) < 4.78 is 6.50. The van der Waals surface area contributed by atoms with E-state index in [0.717, 1.165) is 23.0 Å². The molecule has 0 atom stereocenters. The summed E-state index contributed by atoms with van der Waals surface area (Å²) >= 11 is 15.4. The zero-order chi connectivity index (χ0) is 18.9. The second-order valence-corrected chi connectivity index (χ2v) is 7.69. The van der Waals surface area contributed by atoms with Crippen LogP contribution in [0, 0.1) is 0 Å². The lowest BCUT2D eigenvalue weighted by atomic mass is 10.1. The Balaban J connectivity index is 1.76. The van der Waals surface area contributed by atoms with Crippen LogP contribution in [0.2, 0.25) is 10.0 Å². The Bertz CT molecular complexity index is 753. The van der Waals surface area contributed by atoms with Crippen molar-refractivity contribution in [3.63, 3.8) is 0 Å². The van der Waals surface area contributed by atoms with E-state index in [1.807, 2.05) is 6.07 Å². The van der Waals surface area contributed by atoms with Crippen LogP contribution in [-0.2, 0) is 11.2 Å². The van der Waals surface area contributed by atoms with E-state index in [-0.39, 0.29) is 5.91 Å². The van der Waals surface area contributed by atoms with Crippen molar-refractivity contribution in [2.45, 2.75) is 39.0 Å². The Kier molecular flexibility index (Phi) is 8.76. The molecular weight excluding hydrogens is 437 g/mol. The summed E-state index contributed by atoms with van der Waals surface area (Å²) in [4.78, 5) is 12.1. The monoisotopic (exact) mass is 457 g/mol. The highest BCUT2D eigenvalue weighted by Gasteiger charge is 2.08.